The molecule has 1 saturated carbocycles. The first-order valence-electron chi connectivity index (χ1n) is 6.58. The monoisotopic (exact) mass is 253 g/mol. The maximum Gasteiger partial charge on any atom is 0.118 e. The summed E-state index contributed by atoms with van der Waals surface area (Å²) in [6.45, 7) is 3.24. The van der Waals surface area contributed by atoms with Crippen LogP contribution in [-0.4, -0.2) is 12.3 Å². The maximum atomic E-state index is 5.76. The highest BCUT2D eigenvalue weighted by molar-refractivity contribution is 7.97. The summed E-state index contributed by atoms with van der Waals surface area (Å²) >= 11 is 1.80. The molecule has 2 unspecified atom stereocenters. The van der Waals surface area contributed by atoms with Gasteiger partial charge in [0.05, 0.1) is 12.3 Å². The first-order chi connectivity index (χ1) is 8.28. The van der Waals surface area contributed by atoms with Crippen LogP contribution in [0.2, 0.25) is 0 Å². The molecule has 1 aromatic rings. The summed E-state index contributed by atoms with van der Waals surface area (Å²) in [6.07, 6.45) is 7.51. The molecule has 0 radical (unpaired) electrons. The molecule has 2 atom stereocenters. The molecule has 2 nitrogen and oxygen atoms in total. The Morgan fingerprint density at radius 2 is 2.18 bits per heavy atom. The lowest BCUT2D eigenvalue weighted by molar-refractivity contribution is 0.293. The SMILES string of the molecule is CSCc1ccc(CNC2CCCC(C)C2)o1. The summed E-state index contributed by atoms with van der Waals surface area (Å²) in [6, 6.07) is 4.88. The van der Waals surface area contributed by atoms with Crippen LogP contribution in [0.4, 0.5) is 0 Å². The zero-order valence-corrected chi connectivity index (χ0v) is 11.7. The molecule has 96 valence electrons. The highest BCUT2D eigenvalue weighted by atomic mass is 32.2. The van der Waals surface area contributed by atoms with Crippen molar-refractivity contribution >= 4 is 11.8 Å². The molecule has 0 amide bonds. The summed E-state index contributed by atoms with van der Waals surface area (Å²) < 4.78 is 5.76. The minimum absolute atomic E-state index is 0.688. The van der Waals surface area contributed by atoms with Crippen molar-refractivity contribution in [3.8, 4) is 0 Å². The summed E-state index contributed by atoms with van der Waals surface area (Å²) in [4.78, 5) is 0. The Balaban J connectivity index is 1.76. The van der Waals surface area contributed by atoms with Crippen molar-refractivity contribution in [2.75, 3.05) is 6.26 Å². The molecule has 1 aliphatic carbocycles. The fraction of sp³-hybridized carbons (Fsp3) is 0.714. The standard InChI is InChI=1S/C14H23NOS/c1-11-4-3-5-12(8-11)15-9-13-6-7-14(16-13)10-17-2/h6-7,11-12,15H,3-5,8-10H2,1-2H3. The molecule has 17 heavy (non-hydrogen) atoms. The average Bonchev–Trinajstić information content (AvgIpc) is 2.75. The van der Waals surface area contributed by atoms with Crippen LogP contribution in [0.15, 0.2) is 16.5 Å². The molecule has 1 aromatic heterocycles. The molecule has 1 N–H and O–H groups in total. The number of hydrogen-bond acceptors (Lipinski definition) is 3. The minimum atomic E-state index is 0.688. The Morgan fingerprint density at radius 3 is 2.94 bits per heavy atom. The van der Waals surface area contributed by atoms with Gasteiger partial charge in [0.2, 0.25) is 0 Å². The van der Waals surface area contributed by atoms with Crippen molar-refractivity contribution in [1.29, 1.82) is 0 Å². The van der Waals surface area contributed by atoms with Gasteiger partial charge in [0.1, 0.15) is 11.5 Å². The van der Waals surface area contributed by atoms with Gasteiger partial charge in [-0.05, 0) is 37.1 Å². The number of nitrogens with one attached hydrogen (secondary N) is 1. The van der Waals surface area contributed by atoms with E-state index < -0.39 is 0 Å². The second kappa shape index (κ2) is 6.50. The van der Waals surface area contributed by atoms with Crippen molar-refractivity contribution in [3.05, 3.63) is 23.7 Å². The van der Waals surface area contributed by atoms with E-state index in [2.05, 4.69) is 30.6 Å². The van der Waals surface area contributed by atoms with Crippen LogP contribution in [0.1, 0.15) is 44.1 Å². The summed E-state index contributed by atoms with van der Waals surface area (Å²) in [5.41, 5.74) is 0. The summed E-state index contributed by atoms with van der Waals surface area (Å²) in [5, 5.41) is 3.62. The first kappa shape index (κ1) is 13.0. The first-order valence-corrected chi connectivity index (χ1v) is 7.97. The quantitative estimate of drug-likeness (QED) is 0.864. The van der Waals surface area contributed by atoms with Gasteiger partial charge in [0.15, 0.2) is 0 Å². The van der Waals surface area contributed by atoms with Gasteiger partial charge in [-0.2, -0.15) is 11.8 Å². The zero-order chi connectivity index (χ0) is 12.1. The molecule has 0 aliphatic heterocycles. The van der Waals surface area contributed by atoms with E-state index in [0.29, 0.717) is 6.04 Å². The number of hydrogen-bond donors (Lipinski definition) is 1. The van der Waals surface area contributed by atoms with Crippen LogP contribution in [0.3, 0.4) is 0 Å². The van der Waals surface area contributed by atoms with E-state index in [4.69, 9.17) is 4.42 Å². The lowest BCUT2D eigenvalue weighted by Crippen LogP contribution is -2.32. The fourth-order valence-corrected chi connectivity index (χ4v) is 3.04. The van der Waals surface area contributed by atoms with Crippen LogP contribution >= 0.6 is 11.8 Å². The minimum Gasteiger partial charge on any atom is -0.464 e. The molecule has 1 fully saturated rings. The Morgan fingerprint density at radius 1 is 1.35 bits per heavy atom. The molecule has 0 aromatic carbocycles. The van der Waals surface area contributed by atoms with Crippen molar-refractivity contribution in [3.63, 3.8) is 0 Å². The van der Waals surface area contributed by atoms with E-state index in [-0.39, 0.29) is 0 Å². The van der Waals surface area contributed by atoms with E-state index in [1.54, 1.807) is 11.8 Å². The molecule has 0 saturated heterocycles. The van der Waals surface area contributed by atoms with Gasteiger partial charge in [0, 0.05) is 6.04 Å². The second-order valence-corrected chi connectivity index (χ2v) is 6.02. The van der Waals surface area contributed by atoms with E-state index in [1.807, 2.05) is 0 Å². The Labute approximate surface area is 109 Å². The lowest BCUT2D eigenvalue weighted by Gasteiger charge is -2.27. The highest BCUT2D eigenvalue weighted by Crippen LogP contribution is 2.24. The fourth-order valence-electron chi connectivity index (χ4n) is 2.60. The van der Waals surface area contributed by atoms with Crippen molar-refractivity contribution in [2.45, 2.75) is 50.9 Å². The van der Waals surface area contributed by atoms with Gasteiger partial charge in [-0.25, -0.2) is 0 Å². The maximum absolute atomic E-state index is 5.76. The summed E-state index contributed by atoms with van der Waals surface area (Å²) in [7, 11) is 0. The largest absolute Gasteiger partial charge is 0.464 e. The van der Waals surface area contributed by atoms with Crippen molar-refractivity contribution in [1.82, 2.24) is 5.32 Å². The van der Waals surface area contributed by atoms with Gasteiger partial charge >= 0.3 is 0 Å². The molecule has 1 heterocycles. The molecular formula is C14H23NOS. The van der Waals surface area contributed by atoms with Gasteiger partial charge < -0.3 is 9.73 Å². The number of furan rings is 1. The van der Waals surface area contributed by atoms with Gasteiger partial charge in [-0.15, -0.1) is 0 Å². The summed E-state index contributed by atoms with van der Waals surface area (Å²) in [5.74, 6) is 4.02. The number of rotatable bonds is 5. The molecule has 0 spiro atoms. The van der Waals surface area contributed by atoms with Crippen LogP contribution in [0.25, 0.3) is 0 Å². The van der Waals surface area contributed by atoms with Gasteiger partial charge in [0.25, 0.3) is 0 Å². The van der Waals surface area contributed by atoms with Gasteiger partial charge in [-0.1, -0.05) is 19.8 Å². The average molecular weight is 253 g/mol. The number of thioether (sulfide) groups is 1. The van der Waals surface area contributed by atoms with Crippen LogP contribution in [-0.2, 0) is 12.3 Å². The van der Waals surface area contributed by atoms with E-state index >= 15 is 0 Å². The third-order valence-corrected chi connectivity index (χ3v) is 4.08. The molecular weight excluding hydrogens is 230 g/mol. The Bertz CT molecular complexity index is 337. The smallest absolute Gasteiger partial charge is 0.118 e. The normalized spacial score (nSPS) is 25.1. The van der Waals surface area contributed by atoms with Crippen molar-refractivity contribution in [2.24, 2.45) is 5.92 Å². The molecule has 1 aliphatic rings. The van der Waals surface area contributed by atoms with Crippen LogP contribution < -0.4 is 5.32 Å². The van der Waals surface area contributed by atoms with E-state index in [9.17, 15) is 0 Å². The van der Waals surface area contributed by atoms with Crippen molar-refractivity contribution < 1.29 is 4.42 Å². The topological polar surface area (TPSA) is 25.2 Å². The predicted molar refractivity (Wildman–Crippen MR) is 74.2 cm³/mol. The van der Waals surface area contributed by atoms with Gasteiger partial charge in [-0.3, -0.25) is 0 Å². The zero-order valence-electron chi connectivity index (χ0n) is 10.9. The Kier molecular flexibility index (Phi) is 4.99. The van der Waals surface area contributed by atoms with E-state index in [1.165, 1.54) is 25.7 Å². The van der Waals surface area contributed by atoms with Crippen LogP contribution in [0, 0.1) is 5.92 Å². The van der Waals surface area contributed by atoms with Crippen LogP contribution in [0.5, 0.6) is 0 Å². The molecule has 0 bridgehead atoms. The molecule has 2 rings (SSSR count). The molecule has 3 heteroatoms. The predicted octanol–water partition coefficient (Wildman–Crippen LogP) is 3.81. The second-order valence-electron chi connectivity index (χ2n) is 5.15. The highest BCUT2D eigenvalue weighted by Gasteiger charge is 2.18. The third kappa shape index (κ3) is 4.07. The van der Waals surface area contributed by atoms with E-state index in [0.717, 1.165) is 29.7 Å². The Hall–Kier alpha value is -0.410. The lowest BCUT2D eigenvalue weighted by atomic mass is 9.87. The third-order valence-electron chi connectivity index (χ3n) is 3.51.